The van der Waals surface area contributed by atoms with Crippen LogP contribution in [0.2, 0.25) is 0 Å². The molecule has 0 saturated heterocycles. The molecule has 1 aliphatic heterocycles. The third-order valence-electron chi connectivity index (χ3n) is 2.03. The standard InChI is InChI=1S/C9H12O/c1-2-6-10-9(3-1)7-8-4-5-8/h1-3,6,8-9H,4-5,7H2. The van der Waals surface area contributed by atoms with Crippen molar-refractivity contribution in [3.63, 3.8) is 0 Å². The molecule has 2 rings (SSSR count). The van der Waals surface area contributed by atoms with E-state index in [4.69, 9.17) is 4.74 Å². The van der Waals surface area contributed by atoms with Crippen LogP contribution in [0.15, 0.2) is 24.5 Å². The summed E-state index contributed by atoms with van der Waals surface area (Å²) in [5, 5.41) is 0. The Morgan fingerprint density at radius 3 is 2.80 bits per heavy atom. The summed E-state index contributed by atoms with van der Waals surface area (Å²) >= 11 is 0. The van der Waals surface area contributed by atoms with E-state index in [-0.39, 0.29) is 0 Å². The van der Waals surface area contributed by atoms with Gasteiger partial charge in [0.15, 0.2) is 0 Å². The fourth-order valence-electron chi connectivity index (χ4n) is 1.24. The molecule has 0 aromatic rings. The Bertz CT molecular complexity index is 166. The van der Waals surface area contributed by atoms with Gasteiger partial charge >= 0.3 is 0 Å². The molecule has 0 aromatic heterocycles. The topological polar surface area (TPSA) is 9.23 Å². The van der Waals surface area contributed by atoms with Crippen LogP contribution < -0.4 is 0 Å². The Morgan fingerprint density at radius 2 is 2.20 bits per heavy atom. The number of ether oxygens (including phenoxy) is 1. The van der Waals surface area contributed by atoms with Gasteiger partial charge in [0.25, 0.3) is 0 Å². The summed E-state index contributed by atoms with van der Waals surface area (Å²) in [5.74, 6) is 0.959. The van der Waals surface area contributed by atoms with Gasteiger partial charge in [0.2, 0.25) is 0 Å². The lowest BCUT2D eigenvalue weighted by Gasteiger charge is -2.13. The largest absolute Gasteiger partial charge is 0.494 e. The average molecular weight is 136 g/mol. The van der Waals surface area contributed by atoms with Crippen molar-refractivity contribution in [2.75, 3.05) is 0 Å². The fraction of sp³-hybridized carbons (Fsp3) is 0.556. The van der Waals surface area contributed by atoms with Crippen LogP contribution in [0.5, 0.6) is 0 Å². The van der Waals surface area contributed by atoms with Crippen LogP contribution in [-0.4, -0.2) is 6.10 Å². The molecule has 1 nitrogen and oxygen atoms in total. The van der Waals surface area contributed by atoms with Gasteiger partial charge in [-0.1, -0.05) is 18.9 Å². The normalized spacial score (nSPS) is 30.2. The first-order valence-electron chi connectivity index (χ1n) is 3.94. The summed E-state index contributed by atoms with van der Waals surface area (Å²) in [5.41, 5.74) is 0. The molecule has 0 aromatic carbocycles. The molecule has 2 aliphatic rings. The monoisotopic (exact) mass is 136 g/mol. The molecule has 54 valence electrons. The molecule has 1 saturated carbocycles. The second kappa shape index (κ2) is 2.49. The summed E-state index contributed by atoms with van der Waals surface area (Å²) in [6.45, 7) is 0. The smallest absolute Gasteiger partial charge is 0.116 e. The lowest BCUT2D eigenvalue weighted by atomic mass is 10.1. The summed E-state index contributed by atoms with van der Waals surface area (Å²) in [6, 6.07) is 0. The highest BCUT2D eigenvalue weighted by molar-refractivity contribution is 5.08. The minimum Gasteiger partial charge on any atom is -0.494 e. The van der Waals surface area contributed by atoms with E-state index in [0.29, 0.717) is 6.10 Å². The van der Waals surface area contributed by atoms with Gasteiger partial charge in [-0.05, 0) is 24.5 Å². The highest BCUT2D eigenvalue weighted by Gasteiger charge is 2.24. The average Bonchev–Trinajstić information content (AvgIpc) is 2.74. The van der Waals surface area contributed by atoms with Gasteiger partial charge in [0.1, 0.15) is 6.10 Å². The zero-order valence-electron chi connectivity index (χ0n) is 5.99. The molecule has 1 aliphatic carbocycles. The maximum Gasteiger partial charge on any atom is 0.116 e. The van der Waals surface area contributed by atoms with Crippen molar-refractivity contribution in [3.8, 4) is 0 Å². The van der Waals surface area contributed by atoms with Gasteiger partial charge in [0.05, 0.1) is 6.26 Å². The summed E-state index contributed by atoms with van der Waals surface area (Å²) in [6.07, 6.45) is 12.3. The third kappa shape index (κ3) is 1.41. The maximum absolute atomic E-state index is 5.36. The van der Waals surface area contributed by atoms with Gasteiger partial charge < -0.3 is 4.74 Å². The number of allylic oxidation sites excluding steroid dienone is 2. The molecule has 0 radical (unpaired) electrons. The van der Waals surface area contributed by atoms with Crippen molar-refractivity contribution in [1.82, 2.24) is 0 Å². The molecule has 0 bridgehead atoms. The Hall–Kier alpha value is -0.720. The molecule has 1 heterocycles. The van der Waals surface area contributed by atoms with Gasteiger partial charge in [-0.15, -0.1) is 0 Å². The highest BCUT2D eigenvalue weighted by Crippen LogP contribution is 2.34. The van der Waals surface area contributed by atoms with Crippen molar-refractivity contribution in [1.29, 1.82) is 0 Å². The van der Waals surface area contributed by atoms with E-state index in [2.05, 4.69) is 12.2 Å². The summed E-state index contributed by atoms with van der Waals surface area (Å²) in [7, 11) is 0. The van der Waals surface area contributed by atoms with Crippen LogP contribution in [0.4, 0.5) is 0 Å². The van der Waals surface area contributed by atoms with E-state index in [1.54, 1.807) is 6.26 Å². The van der Waals surface area contributed by atoms with Crippen LogP contribution in [0, 0.1) is 5.92 Å². The molecule has 0 N–H and O–H groups in total. The van der Waals surface area contributed by atoms with E-state index in [1.165, 1.54) is 19.3 Å². The van der Waals surface area contributed by atoms with Crippen molar-refractivity contribution in [3.05, 3.63) is 24.5 Å². The molecular formula is C9H12O. The minimum absolute atomic E-state index is 0.373. The minimum atomic E-state index is 0.373. The van der Waals surface area contributed by atoms with Crippen LogP contribution in [0.1, 0.15) is 19.3 Å². The molecular weight excluding hydrogens is 124 g/mol. The van der Waals surface area contributed by atoms with Crippen LogP contribution in [0.3, 0.4) is 0 Å². The second-order valence-corrected chi connectivity index (χ2v) is 3.07. The Labute approximate surface area is 61.4 Å². The Kier molecular flexibility index (Phi) is 1.50. The number of hydrogen-bond acceptors (Lipinski definition) is 1. The van der Waals surface area contributed by atoms with Crippen LogP contribution in [0.25, 0.3) is 0 Å². The van der Waals surface area contributed by atoms with Gasteiger partial charge in [-0.2, -0.15) is 0 Å². The lowest BCUT2D eigenvalue weighted by Crippen LogP contribution is -2.08. The van der Waals surface area contributed by atoms with E-state index in [9.17, 15) is 0 Å². The molecule has 0 spiro atoms. The molecule has 10 heavy (non-hydrogen) atoms. The van der Waals surface area contributed by atoms with Crippen LogP contribution in [-0.2, 0) is 4.74 Å². The second-order valence-electron chi connectivity index (χ2n) is 3.07. The Balaban J connectivity index is 1.81. The van der Waals surface area contributed by atoms with Gasteiger partial charge in [-0.25, -0.2) is 0 Å². The van der Waals surface area contributed by atoms with Crippen molar-refractivity contribution in [2.45, 2.75) is 25.4 Å². The molecule has 1 fully saturated rings. The van der Waals surface area contributed by atoms with Crippen LogP contribution >= 0.6 is 0 Å². The summed E-state index contributed by atoms with van der Waals surface area (Å²) < 4.78 is 5.36. The van der Waals surface area contributed by atoms with Crippen molar-refractivity contribution < 1.29 is 4.74 Å². The summed E-state index contributed by atoms with van der Waals surface area (Å²) in [4.78, 5) is 0. The van der Waals surface area contributed by atoms with Gasteiger partial charge in [0, 0.05) is 0 Å². The van der Waals surface area contributed by atoms with E-state index in [1.807, 2.05) is 6.08 Å². The Morgan fingerprint density at radius 1 is 1.30 bits per heavy atom. The molecule has 1 atom stereocenters. The quantitative estimate of drug-likeness (QED) is 0.565. The first-order chi connectivity index (χ1) is 4.95. The highest BCUT2D eigenvalue weighted by atomic mass is 16.5. The number of rotatable bonds is 2. The molecule has 1 heteroatoms. The van der Waals surface area contributed by atoms with Gasteiger partial charge in [-0.3, -0.25) is 0 Å². The number of hydrogen-bond donors (Lipinski definition) is 0. The van der Waals surface area contributed by atoms with Crippen molar-refractivity contribution >= 4 is 0 Å². The SMILES string of the molecule is C1=COC(CC2CC2)C=C1. The predicted molar refractivity (Wildman–Crippen MR) is 40.5 cm³/mol. The zero-order chi connectivity index (χ0) is 6.81. The fourth-order valence-corrected chi connectivity index (χ4v) is 1.24. The maximum atomic E-state index is 5.36. The lowest BCUT2D eigenvalue weighted by molar-refractivity contribution is 0.168. The first kappa shape index (κ1) is 6.02. The van der Waals surface area contributed by atoms with E-state index in [0.717, 1.165) is 5.92 Å². The van der Waals surface area contributed by atoms with E-state index < -0.39 is 0 Å². The zero-order valence-corrected chi connectivity index (χ0v) is 5.99. The molecule has 0 amide bonds. The van der Waals surface area contributed by atoms with E-state index >= 15 is 0 Å². The van der Waals surface area contributed by atoms with Crippen molar-refractivity contribution in [2.24, 2.45) is 5.92 Å². The predicted octanol–water partition coefficient (Wildman–Crippen LogP) is 2.26. The third-order valence-corrected chi connectivity index (χ3v) is 2.03. The first-order valence-corrected chi connectivity index (χ1v) is 3.94. The molecule has 1 unspecified atom stereocenters.